The molecule has 7 nitrogen and oxygen atoms in total. The minimum Gasteiger partial charge on any atom is -0.542 e. The lowest BCUT2D eigenvalue weighted by molar-refractivity contribution is -0.378. The van der Waals surface area contributed by atoms with Gasteiger partial charge in [0, 0.05) is 36.1 Å². The van der Waals surface area contributed by atoms with Gasteiger partial charge in [0.05, 0.1) is 0 Å². The highest BCUT2D eigenvalue weighted by molar-refractivity contribution is 5.87. The molecule has 1 unspecified atom stereocenters. The number of carbonyl (C=O) groups excluding carboxylic acids is 1. The second-order valence-corrected chi connectivity index (χ2v) is 5.98. The molecule has 0 saturated heterocycles. The van der Waals surface area contributed by atoms with E-state index in [1.807, 2.05) is 48.9 Å². The number of H-pyrrole nitrogens is 1. The van der Waals surface area contributed by atoms with Crippen molar-refractivity contribution in [2.45, 2.75) is 18.5 Å². The third-order valence-electron chi connectivity index (χ3n) is 3.97. The molecule has 3 aromatic heterocycles. The van der Waals surface area contributed by atoms with Crippen LogP contribution in [0.5, 0.6) is 0 Å². The summed E-state index contributed by atoms with van der Waals surface area (Å²) in [6.45, 7) is 0. The Labute approximate surface area is 168 Å². The highest BCUT2D eigenvalue weighted by atomic mass is 19.4. The maximum Gasteiger partial charge on any atom is 0.430 e. The van der Waals surface area contributed by atoms with Crippen molar-refractivity contribution < 1.29 is 38.0 Å². The molecule has 0 aliphatic heterocycles. The second-order valence-electron chi connectivity index (χ2n) is 5.98. The van der Waals surface area contributed by atoms with Gasteiger partial charge >= 0.3 is 12.1 Å². The van der Waals surface area contributed by atoms with E-state index in [2.05, 4.69) is 15.0 Å². The molecule has 1 atom stereocenters. The number of aliphatic carboxylic acids is 1. The molecular weight excluding hydrogens is 403 g/mol. The van der Waals surface area contributed by atoms with E-state index in [0.717, 1.165) is 11.1 Å². The fraction of sp³-hybridized carbons (Fsp3) is 0.150. The number of alkyl halides is 3. The van der Waals surface area contributed by atoms with Crippen LogP contribution in [0.3, 0.4) is 0 Å². The van der Waals surface area contributed by atoms with E-state index in [1.165, 1.54) is 6.20 Å². The van der Waals surface area contributed by atoms with E-state index in [4.69, 9.17) is 9.90 Å². The van der Waals surface area contributed by atoms with Gasteiger partial charge in [0.15, 0.2) is 18.1 Å². The Morgan fingerprint density at radius 3 is 2.30 bits per heavy atom. The third kappa shape index (κ3) is 6.36. The molecule has 0 aromatic carbocycles. The topological polar surface area (TPSA) is 117 Å². The summed E-state index contributed by atoms with van der Waals surface area (Å²) in [4.78, 5) is 31.4. The smallest absolute Gasteiger partial charge is 0.430 e. The molecule has 0 aliphatic rings. The predicted molar refractivity (Wildman–Crippen MR) is 95.0 cm³/mol. The molecule has 3 aromatic rings. The van der Waals surface area contributed by atoms with Gasteiger partial charge in [0.1, 0.15) is 5.97 Å². The summed E-state index contributed by atoms with van der Waals surface area (Å²) >= 11 is 0. The number of nitrogens with zero attached hydrogens (tertiary/aromatic N) is 2. The van der Waals surface area contributed by atoms with Gasteiger partial charge in [-0.05, 0) is 35.7 Å². The number of rotatable bonds is 5. The SMILES string of the molecule is O=C(O)c1ncccc1CC(c1cccnc1)c1ccc[nH+]c1.O=C([O-])C(F)(F)F. The Morgan fingerprint density at radius 2 is 1.77 bits per heavy atom. The van der Waals surface area contributed by atoms with Crippen LogP contribution in [0.15, 0.2) is 67.4 Å². The van der Waals surface area contributed by atoms with E-state index >= 15 is 0 Å². The van der Waals surface area contributed by atoms with E-state index < -0.39 is 18.1 Å². The number of halogens is 3. The van der Waals surface area contributed by atoms with Crippen LogP contribution >= 0.6 is 0 Å². The number of pyridine rings is 3. The summed E-state index contributed by atoms with van der Waals surface area (Å²) in [6, 6.07) is 11.4. The van der Waals surface area contributed by atoms with E-state index in [1.54, 1.807) is 12.3 Å². The van der Waals surface area contributed by atoms with Crippen molar-refractivity contribution in [2.75, 3.05) is 0 Å². The lowest BCUT2D eigenvalue weighted by atomic mass is 9.87. The van der Waals surface area contributed by atoms with Crippen LogP contribution in [-0.4, -0.2) is 33.2 Å². The van der Waals surface area contributed by atoms with Gasteiger partial charge in [-0.15, -0.1) is 0 Å². The summed E-state index contributed by atoms with van der Waals surface area (Å²) in [5.41, 5.74) is 2.91. The Kier molecular flexibility index (Phi) is 7.56. The van der Waals surface area contributed by atoms with Crippen LogP contribution in [0.25, 0.3) is 0 Å². The molecule has 156 valence electrons. The van der Waals surface area contributed by atoms with Gasteiger partial charge < -0.3 is 15.0 Å². The minimum absolute atomic E-state index is 0.00319. The van der Waals surface area contributed by atoms with Gasteiger partial charge in [-0.1, -0.05) is 12.1 Å². The number of carboxylic acid groups (broad SMARTS) is 2. The number of nitrogens with one attached hydrogen (secondary N) is 1. The maximum absolute atomic E-state index is 11.4. The van der Waals surface area contributed by atoms with E-state index in [0.29, 0.717) is 12.0 Å². The molecule has 0 fully saturated rings. The Morgan fingerprint density at radius 1 is 1.10 bits per heavy atom. The number of hydrogen-bond donors (Lipinski definition) is 1. The van der Waals surface area contributed by atoms with Gasteiger partial charge in [-0.3, -0.25) is 4.98 Å². The average Bonchev–Trinajstić information content (AvgIpc) is 2.73. The first-order valence-corrected chi connectivity index (χ1v) is 8.51. The molecule has 0 bridgehead atoms. The zero-order chi connectivity index (χ0) is 22.1. The summed E-state index contributed by atoms with van der Waals surface area (Å²) in [7, 11) is 0. The molecule has 30 heavy (non-hydrogen) atoms. The van der Waals surface area contributed by atoms with Crippen LogP contribution < -0.4 is 10.1 Å². The van der Waals surface area contributed by atoms with Gasteiger partial charge in [0.25, 0.3) is 0 Å². The first kappa shape index (κ1) is 22.5. The highest BCUT2D eigenvalue weighted by Gasteiger charge is 2.28. The number of carbonyl (C=O) groups is 2. The summed E-state index contributed by atoms with van der Waals surface area (Å²) in [5, 5.41) is 18.1. The Hall–Kier alpha value is -3.82. The average molecular weight is 419 g/mol. The molecule has 3 heterocycles. The van der Waals surface area contributed by atoms with Gasteiger partial charge in [-0.2, -0.15) is 13.2 Å². The van der Waals surface area contributed by atoms with Crippen molar-refractivity contribution >= 4 is 11.9 Å². The lowest BCUT2D eigenvalue weighted by Gasteiger charge is -2.17. The number of hydrogen-bond acceptors (Lipinski definition) is 5. The van der Waals surface area contributed by atoms with Gasteiger partial charge in [0.2, 0.25) is 0 Å². The molecule has 3 rings (SSSR count). The maximum atomic E-state index is 11.4. The summed E-state index contributed by atoms with van der Waals surface area (Å²) in [5.74, 6) is -4.01. The summed E-state index contributed by atoms with van der Waals surface area (Å²) in [6.07, 6.45) is 4.16. The Balaban J connectivity index is 0.000000396. The normalized spacial score (nSPS) is 11.7. The molecule has 0 radical (unpaired) electrons. The van der Waals surface area contributed by atoms with Crippen LogP contribution in [-0.2, 0) is 11.2 Å². The van der Waals surface area contributed by atoms with Gasteiger partial charge in [-0.25, -0.2) is 14.8 Å². The number of aromatic nitrogens is 3. The predicted octanol–water partition coefficient (Wildman–Crippen LogP) is 1.66. The van der Waals surface area contributed by atoms with E-state index in [9.17, 15) is 23.1 Å². The fourth-order valence-corrected chi connectivity index (χ4v) is 2.65. The first-order valence-electron chi connectivity index (χ1n) is 8.51. The fourth-order valence-electron chi connectivity index (χ4n) is 2.65. The summed E-state index contributed by atoms with van der Waals surface area (Å²) < 4.78 is 31.5. The molecule has 0 saturated carbocycles. The Bertz CT molecular complexity index is 944. The molecule has 2 N–H and O–H groups in total. The van der Waals surface area contributed by atoms with Crippen LogP contribution in [0.4, 0.5) is 13.2 Å². The highest BCUT2D eigenvalue weighted by Crippen LogP contribution is 2.28. The molecular formula is C20H16F3N3O4. The van der Waals surface area contributed by atoms with Crippen molar-refractivity contribution in [1.82, 2.24) is 9.97 Å². The third-order valence-corrected chi connectivity index (χ3v) is 3.97. The van der Waals surface area contributed by atoms with Crippen molar-refractivity contribution in [2.24, 2.45) is 0 Å². The largest absolute Gasteiger partial charge is 0.542 e. The standard InChI is InChI=1S/C18H15N3O2.C2HF3O2/c22-18(23)17-13(4-3-9-21-17)10-16(14-5-1-7-19-11-14)15-6-2-8-20-12-15;3-2(4,5)1(6)7/h1-9,11-12,16H,10H2,(H,22,23);(H,6,7). The van der Waals surface area contributed by atoms with Crippen molar-refractivity contribution in [3.8, 4) is 0 Å². The second kappa shape index (κ2) is 10.1. The quantitative estimate of drug-likeness (QED) is 0.672. The molecule has 0 aliphatic carbocycles. The van der Waals surface area contributed by atoms with Crippen molar-refractivity contribution in [3.63, 3.8) is 0 Å². The van der Waals surface area contributed by atoms with Crippen LogP contribution in [0.2, 0.25) is 0 Å². The molecule has 0 amide bonds. The molecule has 10 heteroatoms. The van der Waals surface area contributed by atoms with E-state index in [-0.39, 0.29) is 11.6 Å². The van der Waals surface area contributed by atoms with Crippen molar-refractivity contribution in [1.29, 1.82) is 0 Å². The van der Waals surface area contributed by atoms with Crippen LogP contribution in [0, 0.1) is 0 Å². The molecule has 0 spiro atoms. The first-order chi connectivity index (χ1) is 14.2. The number of carboxylic acids is 2. The number of aromatic amines is 1. The van der Waals surface area contributed by atoms with Crippen LogP contribution in [0.1, 0.15) is 33.1 Å². The number of aromatic carboxylic acids is 1. The monoisotopic (exact) mass is 419 g/mol. The lowest BCUT2D eigenvalue weighted by Crippen LogP contribution is -2.37. The van der Waals surface area contributed by atoms with Crippen molar-refractivity contribution in [3.05, 3.63) is 89.8 Å². The zero-order valence-corrected chi connectivity index (χ0v) is 15.3. The zero-order valence-electron chi connectivity index (χ0n) is 15.3. The minimum atomic E-state index is -5.19.